The minimum atomic E-state index is -0.0991. The number of rotatable bonds is 2. The molecule has 0 saturated heterocycles. The Labute approximate surface area is 225 Å². The lowest BCUT2D eigenvalue weighted by Crippen LogP contribution is -2.28. The van der Waals surface area contributed by atoms with Crippen LogP contribution in [0.3, 0.4) is 0 Å². The second-order valence-electron chi connectivity index (χ2n) is 10.6. The van der Waals surface area contributed by atoms with E-state index in [4.69, 9.17) is 0 Å². The molecule has 0 atom stereocenters. The highest BCUT2D eigenvalue weighted by Gasteiger charge is 2.42. The van der Waals surface area contributed by atoms with Crippen LogP contribution >= 0.6 is 0 Å². The average Bonchev–Trinajstić information content (AvgIpc) is 3.52. The van der Waals surface area contributed by atoms with Gasteiger partial charge in [0.1, 0.15) is 0 Å². The first kappa shape index (κ1) is 22.8. The molecule has 0 heterocycles. The first-order valence-corrected chi connectivity index (χ1v) is 13.5. The summed E-state index contributed by atoms with van der Waals surface area (Å²) < 4.78 is 0. The highest BCUT2D eigenvalue weighted by molar-refractivity contribution is 5.94. The summed E-state index contributed by atoms with van der Waals surface area (Å²) in [5.74, 6) is 0. The Morgan fingerprint density at radius 3 is 1.66 bits per heavy atom. The first-order chi connectivity index (χ1) is 18.7. The summed E-state index contributed by atoms with van der Waals surface area (Å²) in [5.41, 5.74) is 12.7. The highest BCUT2D eigenvalue weighted by atomic mass is 14.4. The summed E-state index contributed by atoms with van der Waals surface area (Å²) >= 11 is 0. The monoisotopic (exact) mass is 486 g/mol. The molecule has 6 aromatic rings. The lowest BCUT2D eigenvalue weighted by molar-refractivity contribution is 0.641. The summed E-state index contributed by atoms with van der Waals surface area (Å²) in [6.07, 6.45) is 2.13. The molecule has 2 aliphatic carbocycles. The van der Waals surface area contributed by atoms with Gasteiger partial charge < -0.3 is 0 Å². The van der Waals surface area contributed by atoms with Crippen molar-refractivity contribution in [3.8, 4) is 11.1 Å². The maximum Gasteiger partial charge on any atom is 0.0497 e. The van der Waals surface area contributed by atoms with Gasteiger partial charge in [0.05, 0.1) is 0 Å². The molecular formula is C38H30. The molecule has 0 aliphatic heterocycles. The van der Waals surface area contributed by atoms with Gasteiger partial charge in [0.15, 0.2) is 0 Å². The standard InChI is InChI=1S/C25H20.C13H10/c1-18-15-19-9-8-14-23-24(19)20(16-18)17-25(23,21-10-4-2-5-11-21)22-12-6-3-7-13-22;1-3-7-12-10(5-1)9-11-6-2-4-8-13(11)12/h2-16H,17H2,1H3;1-8H,9H2. The summed E-state index contributed by atoms with van der Waals surface area (Å²) in [7, 11) is 0. The molecule has 0 spiro atoms. The van der Waals surface area contributed by atoms with Crippen molar-refractivity contribution in [2.45, 2.75) is 25.2 Å². The van der Waals surface area contributed by atoms with Gasteiger partial charge in [0, 0.05) is 5.41 Å². The number of benzene rings is 6. The van der Waals surface area contributed by atoms with Crippen molar-refractivity contribution in [3.63, 3.8) is 0 Å². The van der Waals surface area contributed by atoms with Crippen LogP contribution in [0.5, 0.6) is 0 Å². The quantitative estimate of drug-likeness (QED) is 0.228. The van der Waals surface area contributed by atoms with Crippen molar-refractivity contribution in [1.82, 2.24) is 0 Å². The average molecular weight is 487 g/mol. The molecule has 2 aliphatic rings. The Balaban J connectivity index is 0.000000156. The van der Waals surface area contributed by atoms with E-state index in [9.17, 15) is 0 Å². The van der Waals surface area contributed by atoms with E-state index in [1.54, 1.807) is 0 Å². The molecular weight excluding hydrogens is 456 g/mol. The van der Waals surface area contributed by atoms with Crippen LogP contribution in [-0.2, 0) is 18.3 Å². The Morgan fingerprint density at radius 1 is 0.500 bits per heavy atom. The summed E-state index contributed by atoms with van der Waals surface area (Å²) in [4.78, 5) is 0. The molecule has 0 heteroatoms. The van der Waals surface area contributed by atoms with Gasteiger partial charge in [0.2, 0.25) is 0 Å². The van der Waals surface area contributed by atoms with Crippen molar-refractivity contribution in [1.29, 1.82) is 0 Å². The lowest BCUT2D eigenvalue weighted by Gasteiger charge is -2.32. The fourth-order valence-electron chi connectivity index (χ4n) is 6.77. The van der Waals surface area contributed by atoms with Crippen LogP contribution in [0.25, 0.3) is 21.9 Å². The first-order valence-electron chi connectivity index (χ1n) is 13.5. The predicted octanol–water partition coefficient (Wildman–Crippen LogP) is 9.30. The molecule has 0 fully saturated rings. The molecule has 0 radical (unpaired) electrons. The SMILES string of the molecule is Cc1cc2c3c(cccc3c1)C(c1ccccc1)(c1ccccc1)C2.c1ccc2c(c1)Cc1ccccc1-2. The largest absolute Gasteiger partial charge is 0.0622 e. The van der Waals surface area contributed by atoms with Crippen molar-refractivity contribution in [2.24, 2.45) is 0 Å². The van der Waals surface area contributed by atoms with Gasteiger partial charge in [-0.2, -0.15) is 0 Å². The maximum atomic E-state index is 2.37. The number of fused-ring (bicyclic) bond motifs is 3. The molecule has 8 rings (SSSR count). The third-order valence-electron chi connectivity index (χ3n) is 8.36. The number of hydrogen-bond donors (Lipinski definition) is 0. The topological polar surface area (TPSA) is 0 Å². The van der Waals surface area contributed by atoms with Crippen LogP contribution in [0.15, 0.2) is 140 Å². The summed E-state index contributed by atoms with van der Waals surface area (Å²) in [6.45, 7) is 2.20. The van der Waals surface area contributed by atoms with E-state index < -0.39 is 0 Å². The van der Waals surface area contributed by atoms with Crippen molar-refractivity contribution < 1.29 is 0 Å². The molecule has 0 nitrogen and oxygen atoms in total. The molecule has 0 amide bonds. The fourth-order valence-corrected chi connectivity index (χ4v) is 6.77. The van der Waals surface area contributed by atoms with Crippen LogP contribution in [0.4, 0.5) is 0 Å². The van der Waals surface area contributed by atoms with Crippen LogP contribution < -0.4 is 0 Å². The Bertz CT molecular complexity index is 1680. The zero-order valence-electron chi connectivity index (χ0n) is 21.7. The lowest BCUT2D eigenvalue weighted by atomic mass is 9.70. The van der Waals surface area contributed by atoms with Crippen LogP contribution in [-0.4, -0.2) is 0 Å². The molecule has 182 valence electrons. The van der Waals surface area contributed by atoms with Crippen molar-refractivity contribution in [3.05, 3.63) is 178 Å². The molecule has 0 bridgehead atoms. The third kappa shape index (κ3) is 3.60. The van der Waals surface area contributed by atoms with E-state index in [0.717, 1.165) is 12.8 Å². The van der Waals surface area contributed by atoms with E-state index in [0.29, 0.717) is 0 Å². The van der Waals surface area contributed by atoms with Crippen molar-refractivity contribution in [2.75, 3.05) is 0 Å². The van der Waals surface area contributed by atoms with Crippen molar-refractivity contribution >= 4 is 10.8 Å². The molecule has 0 N–H and O–H groups in total. The van der Waals surface area contributed by atoms with E-state index in [-0.39, 0.29) is 5.41 Å². The number of aryl methyl sites for hydroxylation is 1. The minimum absolute atomic E-state index is 0.0991. The van der Waals surface area contributed by atoms with E-state index in [1.165, 1.54) is 60.8 Å². The van der Waals surface area contributed by atoms with Crippen LogP contribution in [0.2, 0.25) is 0 Å². The molecule has 0 aromatic heterocycles. The zero-order valence-corrected chi connectivity index (χ0v) is 21.7. The van der Waals surface area contributed by atoms with E-state index in [1.807, 2.05) is 0 Å². The van der Waals surface area contributed by atoms with Crippen LogP contribution in [0, 0.1) is 6.92 Å². The van der Waals surface area contributed by atoms with Gasteiger partial charge in [-0.15, -0.1) is 0 Å². The molecule has 0 unspecified atom stereocenters. The van der Waals surface area contributed by atoms with Gasteiger partial charge in [0.25, 0.3) is 0 Å². The predicted molar refractivity (Wildman–Crippen MR) is 160 cm³/mol. The second kappa shape index (κ2) is 9.15. The van der Waals surface area contributed by atoms with Gasteiger partial charge in [-0.05, 0) is 75.0 Å². The molecule has 6 aromatic carbocycles. The normalized spacial score (nSPS) is 13.9. The van der Waals surface area contributed by atoms with Gasteiger partial charge in [-0.25, -0.2) is 0 Å². The van der Waals surface area contributed by atoms with Gasteiger partial charge in [-0.3, -0.25) is 0 Å². The Morgan fingerprint density at radius 2 is 1.05 bits per heavy atom. The Kier molecular flexibility index (Phi) is 5.48. The minimum Gasteiger partial charge on any atom is -0.0622 e. The smallest absolute Gasteiger partial charge is 0.0497 e. The Hall–Kier alpha value is -4.42. The maximum absolute atomic E-state index is 2.37. The van der Waals surface area contributed by atoms with Gasteiger partial charge >= 0.3 is 0 Å². The second-order valence-corrected chi connectivity index (χ2v) is 10.6. The van der Waals surface area contributed by atoms with E-state index in [2.05, 4.69) is 146 Å². The third-order valence-corrected chi connectivity index (χ3v) is 8.36. The molecule has 38 heavy (non-hydrogen) atoms. The van der Waals surface area contributed by atoms with Crippen LogP contribution in [0.1, 0.15) is 38.9 Å². The number of hydrogen-bond acceptors (Lipinski definition) is 0. The highest BCUT2D eigenvalue weighted by Crippen LogP contribution is 2.50. The summed E-state index contributed by atoms with van der Waals surface area (Å²) in [6, 6.07) is 50.8. The zero-order chi connectivity index (χ0) is 25.5. The van der Waals surface area contributed by atoms with Gasteiger partial charge in [-0.1, -0.05) is 145 Å². The summed E-state index contributed by atoms with van der Waals surface area (Å²) in [5, 5.41) is 2.81. The van der Waals surface area contributed by atoms with E-state index >= 15 is 0 Å². The molecule has 0 saturated carbocycles. The fraction of sp³-hybridized carbons (Fsp3) is 0.105.